The van der Waals surface area contributed by atoms with Gasteiger partial charge in [0.25, 0.3) is 0 Å². The summed E-state index contributed by atoms with van der Waals surface area (Å²) < 4.78 is 0. The van der Waals surface area contributed by atoms with Gasteiger partial charge in [-0.2, -0.15) is 0 Å². The lowest BCUT2D eigenvalue weighted by Gasteiger charge is -2.43. The lowest BCUT2D eigenvalue weighted by atomic mass is 9.67. The maximum Gasteiger partial charge on any atom is 0.229 e. The van der Waals surface area contributed by atoms with Gasteiger partial charge in [0.2, 0.25) is 5.91 Å². The van der Waals surface area contributed by atoms with E-state index in [1.54, 1.807) is 0 Å². The molecule has 0 saturated heterocycles. The minimum Gasteiger partial charge on any atom is -0.345 e. The first-order valence-electron chi connectivity index (χ1n) is 5.76. The average molecular weight is 212 g/mol. The molecule has 0 atom stereocenters. The summed E-state index contributed by atoms with van der Waals surface area (Å²) in [5, 5.41) is 0. The molecule has 3 heteroatoms. The molecule has 1 rings (SSSR count). The van der Waals surface area contributed by atoms with Crippen LogP contribution in [0.25, 0.3) is 0 Å². The molecule has 1 aliphatic carbocycles. The van der Waals surface area contributed by atoms with Crippen molar-refractivity contribution in [2.24, 2.45) is 16.6 Å². The van der Waals surface area contributed by atoms with Gasteiger partial charge in [0.1, 0.15) is 0 Å². The molecule has 0 aromatic rings. The van der Waals surface area contributed by atoms with Crippen molar-refractivity contribution in [1.29, 1.82) is 0 Å². The predicted octanol–water partition coefficient (Wildman–Crippen LogP) is 1.62. The summed E-state index contributed by atoms with van der Waals surface area (Å²) in [6.45, 7) is 7.74. The molecule has 0 bridgehead atoms. The van der Waals surface area contributed by atoms with Gasteiger partial charge in [0.15, 0.2) is 0 Å². The number of nitrogens with zero attached hydrogens (tertiary/aromatic N) is 1. The largest absolute Gasteiger partial charge is 0.345 e. The molecule has 0 aliphatic heterocycles. The van der Waals surface area contributed by atoms with Crippen molar-refractivity contribution in [3.05, 3.63) is 0 Å². The Morgan fingerprint density at radius 3 is 2.20 bits per heavy atom. The van der Waals surface area contributed by atoms with Gasteiger partial charge in [-0.05, 0) is 18.3 Å². The van der Waals surface area contributed by atoms with Crippen molar-refractivity contribution in [2.45, 2.75) is 40.0 Å². The number of amides is 1. The monoisotopic (exact) mass is 212 g/mol. The smallest absolute Gasteiger partial charge is 0.229 e. The van der Waals surface area contributed by atoms with Crippen LogP contribution >= 0.6 is 0 Å². The third-order valence-electron chi connectivity index (χ3n) is 3.21. The number of hydrogen-bond acceptors (Lipinski definition) is 2. The molecule has 15 heavy (non-hydrogen) atoms. The van der Waals surface area contributed by atoms with Crippen molar-refractivity contribution >= 4 is 5.91 Å². The first-order chi connectivity index (χ1) is 6.81. The van der Waals surface area contributed by atoms with E-state index in [-0.39, 0.29) is 16.7 Å². The van der Waals surface area contributed by atoms with Crippen LogP contribution in [0.1, 0.15) is 40.0 Å². The van der Waals surface area contributed by atoms with Gasteiger partial charge in [0, 0.05) is 20.1 Å². The molecule has 1 saturated carbocycles. The summed E-state index contributed by atoms with van der Waals surface area (Å²) in [5.41, 5.74) is 5.66. The van der Waals surface area contributed by atoms with Crippen LogP contribution in [0.3, 0.4) is 0 Å². The number of hydrogen-bond donors (Lipinski definition) is 1. The highest BCUT2D eigenvalue weighted by molar-refractivity contribution is 5.83. The minimum atomic E-state index is -0.222. The number of carbonyl (C=O) groups excluding carboxylic acids is 1. The van der Waals surface area contributed by atoms with E-state index in [0.717, 1.165) is 25.8 Å². The van der Waals surface area contributed by atoms with Crippen molar-refractivity contribution in [3.63, 3.8) is 0 Å². The molecule has 88 valence electrons. The Balaban J connectivity index is 2.60. The molecular formula is C12H24N2O. The molecule has 0 radical (unpaired) electrons. The first kappa shape index (κ1) is 12.5. The van der Waals surface area contributed by atoms with Crippen molar-refractivity contribution in [2.75, 3.05) is 20.1 Å². The number of nitrogens with two attached hydrogens (primary N) is 1. The van der Waals surface area contributed by atoms with Gasteiger partial charge < -0.3 is 10.6 Å². The van der Waals surface area contributed by atoms with Gasteiger partial charge in [-0.1, -0.05) is 27.2 Å². The third-order valence-corrected chi connectivity index (χ3v) is 3.21. The van der Waals surface area contributed by atoms with Crippen molar-refractivity contribution < 1.29 is 4.79 Å². The van der Waals surface area contributed by atoms with E-state index in [2.05, 4.69) is 20.8 Å². The Hall–Kier alpha value is -0.570. The SMILES string of the molecule is CN(CC(C)(C)C)C(=O)C1(CN)CCC1. The average Bonchev–Trinajstić information content (AvgIpc) is 1.99. The quantitative estimate of drug-likeness (QED) is 0.772. The zero-order valence-electron chi connectivity index (χ0n) is 10.5. The summed E-state index contributed by atoms with van der Waals surface area (Å²) in [4.78, 5) is 14.1. The predicted molar refractivity (Wildman–Crippen MR) is 62.4 cm³/mol. The van der Waals surface area contributed by atoms with Gasteiger partial charge in [-0.25, -0.2) is 0 Å². The van der Waals surface area contributed by atoms with Crippen LogP contribution in [-0.2, 0) is 4.79 Å². The Labute approximate surface area is 93.0 Å². The van der Waals surface area contributed by atoms with Crippen LogP contribution in [0, 0.1) is 10.8 Å². The zero-order valence-corrected chi connectivity index (χ0v) is 10.5. The molecular weight excluding hydrogens is 188 g/mol. The number of rotatable bonds is 3. The fraction of sp³-hybridized carbons (Fsp3) is 0.917. The summed E-state index contributed by atoms with van der Waals surface area (Å²) in [7, 11) is 1.89. The maximum atomic E-state index is 12.2. The van der Waals surface area contributed by atoms with Gasteiger partial charge >= 0.3 is 0 Å². The normalized spacial score (nSPS) is 19.5. The van der Waals surface area contributed by atoms with E-state index in [1.165, 1.54) is 0 Å². The Morgan fingerprint density at radius 1 is 1.40 bits per heavy atom. The van der Waals surface area contributed by atoms with Crippen LogP contribution in [-0.4, -0.2) is 30.9 Å². The Kier molecular flexibility index (Phi) is 3.44. The molecule has 0 spiro atoms. The lowest BCUT2D eigenvalue weighted by Crippen LogP contribution is -2.52. The Morgan fingerprint density at radius 2 is 1.93 bits per heavy atom. The molecule has 2 N–H and O–H groups in total. The fourth-order valence-electron chi connectivity index (χ4n) is 2.30. The molecule has 1 aliphatic rings. The van der Waals surface area contributed by atoms with E-state index in [9.17, 15) is 4.79 Å². The molecule has 0 unspecified atom stereocenters. The molecule has 1 amide bonds. The second-order valence-corrected chi connectivity index (χ2v) is 6.06. The van der Waals surface area contributed by atoms with Crippen LogP contribution in [0.15, 0.2) is 0 Å². The summed E-state index contributed by atoms with van der Waals surface area (Å²) in [6, 6.07) is 0. The topological polar surface area (TPSA) is 46.3 Å². The molecule has 0 aromatic carbocycles. The van der Waals surface area contributed by atoms with E-state index in [4.69, 9.17) is 5.73 Å². The number of carbonyl (C=O) groups is 1. The highest BCUT2D eigenvalue weighted by Crippen LogP contribution is 2.41. The standard InChI is InChI=1S/C12H24N2O/c1-11(2,3)9-14(4)10(15)12(8-13)6-5-7-12/h5-9,13H2,1-4H3. The third kappa shape index (κ3) is 2.71. The maximum absolute atomic E-state index is 12.2. The second-order valence-electron chi connectivity index (χ2n) is 6.06. The molecule has 0 heterocycles. The van der Waals surface area contributed by atoms with Crippen LogP contribution < -0.4 is 5.73 Å². The Bertz CT molecular complexity index is 233. The van der Waals surface area contributed by atoms with Gasteiger partial charge in [-0.3, -0.25) is 4.79 Å². The van der Waals surface area contributed by atoms with Crippen molar-refractivity contribution in [1.82, 2.24) is 4.90 Å². The second kappa shape index (κ2) is 4.12. The summed E-state index contributed by atoms with van der Waals surface area (Å²) in [5.74, 6) is 0.242. The lowest BCUT2D eigenvalue weighted by molar-refractivity contribution is -0.146. The van der Waals surface area contributed by atoms with Gasteiger partial charge in [0.05, 0.1) is 5.41 Å². The van der Waals surface area contributed by atoms with Crippen LogP contribution in [0.2, 0.25) is 0 Å². The van der Waals surface area contributed by atoms with E-state index in [1.807, 2.05) is 11.9 Å². The zero-order chi connectivity index (χ0) is 11.7. The van der Waals surface area contributed by atoms with E-state index >= 15 is 0 Å². The summed E-state index contributed by atoms with van der Waals surface area (Å²) in [6.07, 6.45) is 3.08. The summed E-state index contributed by atoms with van der Waals surface area (Å²) >= 11 is 0. The van der Waals surface area contributed by atoms with Gasteiger partial charge in [-0.15, -0.1) is 0 Å². The molecule has 0 aromatic heterocycles. The molecule has 3 nitrogen and oxygen atoms in total. The fourth-order valence-corrected chi connectivity index (χ4v) is 2.30. The highest BCUT2D eigenvalue weighted by atomic mass is 16.2. The van der Waals surface area contributed by atoms with E-state index < -0.39 is 0 Å². The van der Waals surface area contributed by atoms with Crippen molar-refractivity contribution in [3.8, 4) is 0 Å². The minimum absolute atomic E-state index is 0.157. The van der Waals surface area contributed by atoms with Crippen LogP contribution in [0.4, 0.5) is 0 Å². The molecule has 1 fully saturated rings. The first-order valence-corrected chi connectivity index (χ1v) is 5.76. The van der Waals surface area contributed by atoms with E-state index in [0.29, 0.717) is 6.54 Å². The highest BCUT2D eigenvalue weighted by Gasteiger charge is 2.44. The van der Waals surface area contributed by atoms with Crippen LogP contribution in [0.5, 0.6) is 0 Å².